The molecule has 0 spiro atoms. The summed E-state index contributed by atoms with van der Waals surface area (Å²) in [6.07, 6.45) is -1.20. The van der Waals surface area contributed by atoms with Crippen molar-refractivity contribution in [2.24, 2.45) is 0 Å². The molecule has 3 rings (SSSR count). The van der Waals surface area contributed by atoms with Crippen LogP contribution in [0.3, 0.4) is 0 Å². The highest BCUT2D eigenvalue weighted by molar-refractivity contribution is 5.96. The summed E-state index contributed by atoms with van der Waals surface area (Å²) in [5.41, 5.74) is 2.07. The maximum absolute atomic E-state index is 13.0. The van der Waals surface area contributed by atoms with Crippen molar-refractivity contribution in [2.75, 3.05) is 19.6 Å². The Hall–Kier alpha value is -2.52. The first-order chi connectivity index (χ1) is 15.9. The summed E-state index contributed by atoms with van der Waals surface area (Å²) in [7, 11) is 0. The van der Waals surface area contributed by atoms with Gasteiger partial charge in [-0.05, 0) is 65.2 Å². The maximum atomic E-state index is 13.0. The van der Waals surface area contributed by atoms with Gasteiger partial charge in [0.2, 0.25) is 0 Å². The molecule has 186 valence electrons. The lowest BCUT2D eigenvalue weighted by molar-refractivity contribution is -0.137. The minimum absolute atomic E-state index is 0.0157. The number of amides is 1. The van der Waals surface area contributed by atoms with E-state index in [4.69, 9.17) is 0 Å². The van der Waals surface area contributed by atoms with Gasteiger partial charge < -0.3 is 15.5 Å². The monoisotopic (exact) mass is 477 g/mol. The van der Waals surface area contributed by atoms with E-state index in [9.17, 15) is 18.0 Å². The largest absolute Gasteiger partial charge is 0.416 e. The van der Waals surface area contributed by atoms with Gasteiger partial charge in [0.25, 0.3) is 5.91 Å². The van der Waals surface area contributed by atoms with E-state index in [0.717, 1.165) is 30.5 Å². The predicted octanol–water partition coefficient (Wildman–Crippen LogP) is 4.44. The van der Waals surface area contributed by atoms with Crippen molar-refractivity contribution in [1.29, 1.82) is 0 Å². The van der Waals surface area contributed by atoms with Crippen LogP contribution in [-0.2, 0) is 6.18 Å². The highest BCUT2D eigenvalue weighted by atomic mass is 19.4. The van der Waals surface area contributed by atoms with Crippen molar-refractivity contribution >= 4 is 5.91 Å². The second-order valence-electron chi connectivity index (χ2n) is 9.56. The van der Waals surface area contributed by atoms with Crippen LogP contribution in [0.15, 0.2) is 30.6 Å². The number of benzene rings is 1. The summed E-state index contributed by atoms with van der Waals surface area (Å²) < 4.78 is 38.3. The van der Waals surface area contributed by atoms with E-state index in [1.165, 1.54) is 18.5 Å². The molecule has 0 bridgehead atoms. The molecule has 2 N–H and O–H groups in total. The Labute approximate surface area is 199 Å². The summed E-state index contributed by atoms with van der Waals surface area (Å²) in [5.74, 6) is -0.0157. The molecule has 2 atom stereocenters. The number of aryl methyl sites for hydroxylation is 2. The van der Waals surface area contributed by atoms with E-state index in [1.54, 1.807) is 0 Å². The first-order valence-electron chi connectivity index (χ1n) is 11.7. The third-order valence-corrected chi connectivity index (χ3v) is 6.70. The number of likely N-dealkylation sites (tertiary alicyclic amines) is 1. The van der Waals surface area contributed by atoms with Gasteiger partial charge in [0.15, 0.2) is 0 Å². The van der Waals surface area contributed by atoms with Gasteiger partial charge >= 0.3 is 6.18 Å². The number of hydrogen-bond acceptors (Lipinski definition) is 5. The Morgan fingerprint density at radius 1 is 1.09 bits per heavy atom. The van der Waals surface area contributed by atoms with Gasteiger partial charge in [-0.1, -0.05) is 12.1 Å². The van der Waals surface area contributed by atoms with Crippen LogP contribution in [0.25, 0.3) is 0 Å². The molecule has 1 fully saturated rings. The molecule has 2 aromatic rings. The molecule has 6 nitrogen and oxygen atoms in total. The topological polar surface area (TPSA) is 70.2 Å². The number of nitrogens with one attached hydrogen (secondary N) is 2. The van der Waals surface area contributed by atoms with Gasteiger partial charge in [-0.3, -0.25) is 4.79 Å². The minimum atomic E-state index is -4.32. The van der Waals surface area contributed by atoms with Crippen LogP contribution in [0, 0.1) is 13.8 Å². The molecule has 0 radical (unpaired) electrons. The predicted molar refractivity (Wildman–Crippen MR) is 126 cm³/mol. The first-order valence-corrected chi connectivity index (χ1v) is 11.7. The maximum Gasteiger partial charge on any atom is 0.416 e. The minimum Gasteiger partial charge on any atom is -0.338 e. The number of carbonyl (C=O) groups excluding carboxylic acids is 1. The number of carbonyl (C=O) groups is 1. The quantitative estimate of drug-likeness (QED) is 0.617. The van der Waals surface area contributed by atoms with Crippen LogP contribution in [0.5, 0.6) is 0 Å². The molecule has 1 amide bonds. The van der Waals surface area contributed by atoms with Crippen LogP contribution >= 0.6 is 0 Å². The number of halogens is 3. The number of piperidine rings is 1. The molecule has 0 unspecified atom stereocenters. The fourth-order valence-electron chi connectivity index (χ4n) is 4.38. The molecule has 1 aromatic carbocycles. The lowest BCUT2D eigenvalue weighted by Crippen LogP contribution is -2.55. The van der Waals surface area contributed by atoms with E-state index in [2.05, 4.69) is 34.4 Å². The average Bonchev–Trinajstić information content (AvgIpc) is 2.77. The van der Waals surface area contributed by atoms with Gasteiger partial charge in [0, 0.05) is 37.3 Å². The number of rotatable bonds is 7. The molecule has 2 heterocycles. The van der Waals surface area contributed by atoms with Crippen LogP contribution < -0.4 is 10.6 Å². The van der Waals surface area contributed by atoms with Crippen LogP contribution in [-0.4, -0.2) is 52.0 Å². The van der Waals surface area contributed by atoms with Crippen molar-refractivity contribution in [3.05, 3.63) is 58.7 Å². The third-order valence-electron chi connectivity index (χ3n) is 6.70. The van der Waals surface area contributed by atoms with E-state index in [-0.39, 0.29) is 23.5 Å². The Morgan fingerprint density at radius 2 is 1.65 bits per heavy atom. The molecule has 1 aromatic heterocycles. The van der Waals surface area contributed by atoms with E-state index in [0.29, 0.717) is 36.6 Å². The summed E-state index contributed by atoms with van der Waals surface area (Å²) in [6, 6.07) is 5.33. The molecular weight excluding hydrogens is 443 g/mol. The van der Waals surface area contributed by atoms with E-state index >= 15 is 0 Å². The van der Waals surface area contributed by atoms with Crippen molar-refractivity contribution in [3.63, 3.8) is 0 Å². The molecule has 9 heteroatoms. The molecule has 1 saturated heterocycles. The number of aromatic nitrogens is 2. The highest BCUT2D eigenvalue weighted by Gasteiger charge is 2.33. The lowest BCUT2D eigenvalue weighted by atomic mass is 9.89. The van der Waals surface area contributed by atoms with Gasteiger partial charge in [0.05, 0.1) is 22.5 Å². The summed E-state index contributed by atoms with van der Waals surface area (Å²) in [5, 5.41) is 7.08. The van der Waals surface area contributed by atoms with Gasteiger partial charge in [-0.15, -0.1) is 0 Å². The highest BCUT2D eigenvalue weighted by Crippen LogP contribution is 2.30. The Morgan fingerprint density at radius 3 is 2.18 bits per heavy atom. The zero-order valence-corrected chi connectivity index (χ0v) is 20.5. The SMILES string of the molecule is Cc1ncnc(C)c1C(=O)N1CCC(C)(NC[C@H](C)N[C@@H](C)c2ccc(C(F)(F)F)cc2)CC1. The smallest absolute Gasteiger partial charge is 0.338 e. The summed E-state index contributed by atoms with van der Waals surface area (Å²) in [6.45, 7) is 11.8. The molecule has 0 aliphatic carbocycles. The molecule has 0 saturated carbocycles. The Kier molecular flexibility index (Phi) is 7.98. The Balaban J connectivity index is 1.49. The summed E-state index contributed by atoms with van der Waals surface area (Å²) >= 11 is 0. The normalized spacial score (nSPS) is 17.9. The van der Waals surface area contributed by atoms with Crippen LogP contribution in [0.4, 0.5) is 13.2 Å². The fraction of sp³-hybridized carbons (Fsp3) is 0.560. The summed E-state index contributed by atoms with van der Waals surface area (Å²) in [4.78, 5) is 23.2. The molecule has 1 aliphatic heterocycles. The van der Waals surface area contributed by atoms with E-state index < -0.39 is 11.7 Å². The van der Waals surface area contributed by atoms with Crippen molar-refractivity contribution in [1.82, 2.24) is 25.5 Å². The van der Waals surface area contributed by atoms with Crippen molar-refractivity contribution in [2.45, 2.75) is 71.3 Å². The Bertz CT molecular complexity index is 965. The molecule has 34 heavy (non-hydrogen) atoms. The van der Waals surface area contributed by atoms with Crippen LogP contribution in [0.1, 0.15) is 72.5 Å². The van der Waals surface area contributed by atoms with E-state index in [1.807, 2.05) is 25.7 Å². The van der Waals surface area contributed by atoms with Gasteiger partial charge in [-0.25, -0.2) is 9.97 Å². The average molecular weight is 478 g/mol. The van der Waals surface area contributed by atoms with Crippen molar-refractivity contribution < 1.29 is 18.0 Å². The lowest BCUT2D eigenvalue weighted by Gasteiger charge is -2.41. The zero-order valence-electron chi connectivity index (χ0n) is 20.5. The number of alkyl halides is 3. The van der Waals surface area contributed by atoms with Crippen LogP contribution in [0.2, 0.25) is 0 Å². The molecule has 1 aliphatic rings. The molecular formula is C25H34F3N5O. The number of nitrogens with zero attached hydrogens (tertiary/aromatic N) is 3. The second-order valence-corrected chi connectivity index (χ2v) is 9.56. The number of hydrogen-bond donors (Lipinski definition) is 2. The van der Waals surface area contributed by atoms with Crippen molar-refractivity contribution in [3.8, 4) is 0 Å². The second kappa shape index (κ2) is 10.4. The fourth-order valence-corrected chi connectivity index (χ4v) is 4.38. The van der Waals surface area contributed by atoms with Gasteiger partial charge in [-0.2, -0.15) is 13.2 Å². The third kappa shape index (κ3) is 6.33. The first kappa shape index (κ1) is 26.1. The van der Waals surface area contributed by atoms with Gasteiger partial charge in [0.1, 0.15) is 6.33 Å². The zero-order chi connectivity index (χ0) is 25.1. The standard InChI is InChI=1S/C25H34F3N5O/c1-16(32-17(2)20-6-8-21(9-7-20)25(26,27)28)14-31-24(5)10-12-33(13-11-24)23(34)22-18(3)29-15-30-19(22)4/h6-9,15-17,31-32H,10-14H2,1-5H3/t16-,17-/m0/s1.